The highest BCUT2D eigenvalue weighted by molar-refractivity contribution is 6.17. The van der Waals surface area contributed by atoms with Gasteiger partial charge < -0.3 is 9.47 Å². The number of halogens is 1. The Kier molecular flexibility index (Phi) is 4.55. The monoisotopic (exact) mass is 254 g/mol. The van der Waals surface area contributed by atoms with Crippen LogP contribution in [0.1, 0.15) is 31.7 Å². The average molecular weight is 255 g/mol. The van der Waals surface area contributed by atoms with Gasteiger partial charge in [-0.05, 0) is 37.0 Å². The summed E-state index contributed by atoms with van der Waals surface area (Å²) in [6.07, 6.45) is 3.89. The van der Waals surface area contributed by atoms with E-state index in [4.69, 9.17) is 21.1 Å². The van der Waals surface area contributed by atoms with Crippen molar-refractivity contribution in [2.75, 3.05) is 13.2 Å². The van der Waals surface area contributed by atoms with Crippen LogP contribution in [0, 0.1) is 5.92 Å². The van der Waals surface area contributed by atoms with E-state index >= 15 is 0 Å². The van der Waals surface area contributed by atoms with Gasteiger partial charge in [0.1, 0.15) is 0 Å². The molecule has 3 heteroatoms. The zero-order valence-electron chi connectivity index (χ0n) is 10.2. The molecule has 17 heavy (non-hydrogen) atoms. The highest BCUT2D eigenvalue weighted by Crippen LogP contribution is 2.34. The molecule has 0 amide bonds. The van der Waals surface area contributed by atoms with E-state index in [0.29, 0.717) is 12.5 Å². The second kappa shape index (κ2) is 6.15. The second-order valence-corrected chi connectivity index (χ2v) is 4.70. The Bertz CT molecular complexity index is 361. The highest BCUT2D eigenvalue weighted by atomic mass is 35.5. The largest absolute Gasteiger partial charge is 0.490 e. The summed E-state index contributed by atoms with van der Waals surface area (Å²) in [4.78, 5) is 0. The molecule has 1 aliphatic rings. The lowest BCUT2D eigenvalue weighted by Gasteiger charge is -2.12. The summed E-state index contributed by atoms with van der Waals surface area (Å²) < 4.78 is 11.3. The predicted molar refractivity (Wildman–Crippen MR) is 70.0 cm³/mol. The van der Waals surface area contributed by atoms with Gasteiger partial charge in [0.05, 0.1) is 13.2 Å². The third-order valence-electron chi connectivity index (χ3n) is 2.94. The Balaban J connectivity index is 1.96. The maximum atomic E-state index is 5.81. The Hall–Kier alpha value is -0.890. The van der Waals surface area contributed by atoms with Gasteiger partial charge in [-0.2, -0.15) is 0 Å². The molecular formula is C14H19ClO2. The van der Waals surface area contributed by atoms with Crippen LogP contribution in [0.5, 0.6) is 11.5 Å². The minimum absolute atomic E-state index is 0.502. The molecule has 0 radical (unpaired) electrons. The normalized spacial score (nSPS) is 14.7. The number of rotatable bonds is 7. The van der Waals surface area contributed by atoms with Crippen LogP contribution in [-0.4, -0.2) is 13.2 Å². The number of ether oxygens (including phenoxy) is 2. The van der Waals surface area contributed by atoms with Crippen molar-refractivity contribution in [1.29, 1.82) is 0 Å². The van der Waals surface area contributed by atoms with Gasteiger partial charge in [0, 0.05) is 5.88 Å². The maximum absolute atomic E-state index is 5.81. The van der Waals surface area contributed by atoms with E-state index in [9.17, 15) is 0 Å². The molecule has 1 aromatic carbocycles. The van der Waals surface area contributed by atoms with Gasteiger partial charge in [0.2, 0.25) is 0 Å². The van der Waals surface area contributed by atoms with E-state index in [1.54, 1.807) is 0 Å². The Labute approximate surface area is 108 Å². The molecule has 94 valence electrons. The molecule has 1 aliphatic carbocycles. The van der Waals surface area contributed by atoms with Gasteiger partial charge in [0.25, 0.3) is 0 Å². The van der Waals surface area contributed by atoms with E-state index in [1.807, 2.05) is 25.1 Å². The van der Waals surface area contributed by atoms with Crippen LogP contribution in [0.3, 0.4) is 0 Å². The molecule has 0 heterocycles. The smallest absolute Gasteiger partial charge is 0.161 e. The van der Waals surface area contributed by atoms with Crippen molar-refractivity contribution in [3.63, 3.8) is 0 Å². The van der Waals surface area contributed by atoms with Crippen molar-refractivity contribution in [2.45, 2.75) is 32.1 Å². The molecule has 0 aliphatic heterocycles. The molecule has 0 N–H and O–H groups in total. The highest BCUT2D eigenvalue weighted by Gasteiger charge is 2.21. The number of benzene rings is 1. The fraction of sp³-hybridized carbons (Fsp3) is 0.571. The fourth-order valence-corrected chi connectivity index (χ4v) is 1.93. The van der Waals surface area contributed by atoms with Gasteiger partial charge in [-0.3, -0.25) is 0 Å². The molecule has 0 bridgehead atoms. The SMILES string of the molecule is CCOc1cc(CCl)ccc1OCCC1CC1. The third-order valence-corrected chi connectivity index (χ3v) is 3.25. The van der Waals surface area contributed by atoms with Crippen molar-refractivity contribution >= 4 is 11.6 Å². The fourth-order valence-electron chi connectivity index (χ4n) is 1.77. The zero-order chi connectivity index (χ0) is 12.1. The lowest BCUT2D eigenvalue weighted by molar-refractivity contribution is 0.269. The summed E-state index contributed by atoms with van der Waals surface area (Å²) in [5.41, 5.74) is 1.06. The first-order valence-electron chi connectivity index (χ1n) is 6.28. The van der Waals surface area contributed by atoms with Gasteiger partial charge in [0.15, 0.2) is 11.5 Å². The van der Waals surface area contributed by atoms with Crippen LogP contribution in [-0.2, 0) is 5.88 Å². The summed E-state index contributed by atoms with van der Waals surface area (Å²) in [7, 11) is 0. The molecule has 0 aromatic heterocycles. The van der Waals surface area contributed by atoms with Crippen LogP contribution in [0.25, 0.3) is 0 Å². The Morgan fingerprint density at radius 1 is 1.24 bits per heavy atom. The van der Waals surface area contributed by atoms with Crippen molar-refractivity contribution in [2.24, 2.45) is 5.92 Å². The summed E-state index contributed by atoms with van der Waals surface area (Å²) in [5.74, 6) is 3.04. The summed E-state index contributed by atoms with van der Waals surface area (Å²) in [6.45, 7) is 3.40. The van der Waals surface area contributed by atoms with Crippen molar-refractivity contribution in [1.82, 2.24) is 0 Å². The van der Waals surface area contributed by atoms with E-state index in [2.05, 4.69) is 0 Å². The van der Waals surface area contributed by atoms with Gasteiger partial charge in [-0.15, -0.1) is 11.6 Å². The van der Waals surface area contributed by atoms with Crippen molar-refractivity contribution < 1.29 is 9.47 Å². The van der Waals surface area contributed by atoms with E-state index in [0.717, 1.165) is 36.0 Å². The van der Waals surface area contributed by atoms with Crippen LogP contribution in [0.15, 0.2) is 18.2 Å². The quantitative estimate of drug-likeness (QED) is 0.685. The topological polar surface area (TPSA) is 18.5 Å². The van der Waals surface area contributed by atoms with Crippen molar-refractivity contribution in [3.8, 4) is 11.5 Å². The molecular weight excluding hydrogens is 236 g/mol. The average Bonchev–Trinajstić information content (AvgIpc) is 3.15. The van der Waals surface area contributed by atoms with Crippen LogP contribution in [0.4, 0.5) is 0 Å². The Morgan fingerprint density at radius 3 is 2.71 bits per heavy atom. The van der Waals surface area contributed by atoms with Crippen LogP contribution < -0.4 is 9.47 Å². The first-order valence-corrected chi connectivity index (χ1v) is 6.81. The van der Waals surface area contributed by atoms with Gasteiger partial charge in [-0.1, -0.05) is 18.9 Å². The van der Waals surface area contributed by atoms with E-state index in [-0.39, 0.29) is 0 Å². The molecule has 0 unspecified atom stereocenters. The van der Waals surface area contributed by atoms with Crippen LogP contribution >= 0.6 is 11.6 Å². The Morgan fingerprint density at radius 2 is 2.06 bits per heavy atom. The van der Waals surface area contributed by atoms with Crippen molar-refractivity contribution in [3.05, 3.63) is 23.8 Å². The summed E-state index contributed by atoms with van der Waals surface area (Å²) in [6, 6.07) is 5.90. The molecule has 1 fully saturated rings. The van der Waals surface area contributed by atoms with Crippen LogP contribution in [0.2, 0.25) is 0 Å². The number of alkyl halides is 1. The molecule has 1 saturated carbocycles. The molecule has 0 spiro atoms. The molecule has 0 atom stereocenters. The number of hydrogen-bond acceptors (Lipinski definition) is 2. The maximum Gasteiger partial charge on any atom is 0.161 e. The van der Waals surface area contributed by atoms with E-state index in [1.165, 1.54) is 12.8 Å². The summed E-state index contributed by atoms with van der Waals surface area (Å²) in [5, 5.41) is 0. The molecule has 2 rings (SSSR count). The minimum Gasteiger partial charge on any atom is -0.490 e. The second-order valence-electron chi connectivity index (χ2n) is 4.43. The molecule has 1 aromatic rings. The minimum atomic E-state index is 0.502. The van der Waals surface area contributed by atoms with Gasteiger partial charge >= 0.3 is 0 Å². The lowest BCUT2D eigenvalue weighted by Crippen LogP contribution is -2.02. The lowest BCUT2D eigenvalue weighted by atomic mass is 10.2. The number of hydrogen-bond donors (Lipinski definition) is 0. The first kappa shape index (κ1) is 12.6. The molecule has 0 saturated heterocycles. The first-order chi connectivity index (χ1) is 8.33. The van der Waals surface area contributed by atoms with E-state index < -0.39 is 0 Å². The predicted octanol–water partition coefficient (Wildman–Crippen LogP) is 4.00. The zero-order valence-corrected chi connectivity index (χ0v) is 11.0. The van der Waals surface area contributed by atoms with Gasteiger partial charge in [-0.25, -0.2) is 0 Å². The third kappa shape index (κ3) is 3.81. The summed E-state index contributed by atoms with van der Waals surface area (Å²) >= 11 is 5.81. The standard InChI is InChI=1S/C14H19ClO2/c1-2-16-14-9-12(10-15)5-6-13(14)17-8-7-11-3-4-11/h5-6,9,11H,2-4,7-8,10H2,1H3. The molecule has 2 nitrogen and oxygen atoms in total.